The number of carbonyl (C=O) groups excluding carboxylic acids is 1. The van der Waals surface area contributed by atoms with E-state index >= 15 is 0 Å². The average molecular weight is 387 g/mol. The van der Waals surface area contributed by atoms with Gasteiger partial charge in [-0.1, -0.05) is 41.9 Å². The Hall–Kier alpha value is -2.99. The summed E-state index contributed by atoms with van der Waals surface area (Å²) in [6, 6.07) is 13.2. The van der Waals surface area contributed by atoms with Crippen LogP contribution >= 0.6 is 11.6 Å². The molecule has 4 rings (SSSR count). The topological polar surface area (TPSA) is 57.9 Å². The number of nitrogens with zero attached hydrogens (tertiary/aromatic N) is 1. The van der Waals surface area contributed by atoms with E-state index in [1.165, 1.54) is 10.9 Å². The molecule has 27 heavy (non-hydrogen) atoms. The van der Waals surface area contributed by atoms with E-state index in [0.29, 0.717) is 29.0 Å². The predicted molar refractivity (Wildman–Crippen MR) is 98.0 cm³/mol. The minimum Gasteiger partial charge on any atom is -0.462 e. The Bertz CT molecular complexity index is 1010. The summed E-state index contributed by atoms with van der Waals surface area (Å²) in [6.45, 7) is 2.45. The van der Waals surface area contributed by atoms with Crippen LogP contribution in [-0.2, 0) is 11.3 Å². The molecule has 1 aromatic heterocycles. The highest BCUT2D eigenvalue weighted by atomic mass is 35.5. The van der Waals surface area contributed by atoms with Crippen molar-refractivity contribution in [3.63, 3.8) is 0 Å². The number of rotatable bonds is 5. The first-order chi connectivity index (χ1) is 13.2. The molecular formula is C20H17ClNO5+. The minimum absolute atomic E-state index is 0.138. The zero-order valence-corrected chi connectivity index (χ0v) is 15.4. The quantitative estimate of drug-likeness (QED) is 0.497. The largest absolute Gasteiger partial charge is 0.462 e. The molecule has 1 aliphatic heterocycles. The Morgan fingerprint density at radius 1 is 1.19 bits per heavy atom. The maximum atomic E-state index is 12.3. The molecule has 7 heteroatoms. The van der Waals surface area contributed by atoms with Crippen LogP contribution < -0.4 is 19.0 Å². The number of carbonyl (C=O) groups is 1. The van der Waals surface area contributed by atoms with Gasteiger partial charge in [-0.25, -0.2) is 4.79 Å². The van der Waals surface area contributed by atoms with Crippen molar-refractivity contribution < 1.29 is 28.6 Å². The van der Waals surface area contributed by atoms with E-state index in [1.54, 1.807) is 19.1 Å². The molecule has 1 aliphatic rings. The number of ether oxygens (including phenoxy) is 3. The minimum atomic E-state index is -0.515. The molecule has 2 aromatic carbocycles. The number of fused-ring (bicyclic) bond motifs is 2. The average Bonchev–Trinajstić information content (AvgIpc) is 3.15. The van der Waals surface area contributed by atoms with Crippen molar-refractivity contribution in [1.29, 1.82) is 0 Å². The van der Waals surface area contributed by atoms with Crippen LogP contribution in [0.15, 0.2) is 48.7 Å². The van der Waals surface area contributed by atoms with Crippen LogP contribution in [0, 0.1) is 0 Å². The standard InChI is InChI=1S/C20H17ClNO5/c1-2-24-20(23)15-10-22(27-11-13-6-4-3-5-7-13)16-9-18-17(25-12-26-18)8-14(16)19(15)21/h3-10H,2,11-12H2,1H3/q+1. The summed E-state index contributed by atoms with van der Waals surface area (Å²) in [5.41, 5.74) is 1.87. The fourth-order valence-electron chi connectivity index (χ4n) is 2.85. The number of hydrogen-bond donors (Lipinski definition) is 0. The van der Waals surface area contributed by atoms with Crippen molar-refractivity contribution in [3.05, 3.63) is 64.8 Å². The molecule has 0 radical (unpaired) electrons. The summed E-state index contributed by atoms with van der Waals surface area (Å²) in [5.74, 6) is 0.652. The Labute approximate surface area is 160 Å². The van der Waals surface area contributed by atoms with Crippen molar-refractivity contribution >= 4 is 28.5 Å². The lowest BCUT2D eigenvalue weighted by Gasteiger charge is -2.08. The summed E-state index contributed by atoms with van der Waals surface area (Å²) < 4.78 is 17.5. The molecule has 0 amide bonds. The second-order valence-electron chi connectivity index (χ2n) is 5.88. The fraction of sp³-hybridized carbons (Fsp3) is 0.200. The van der Waals surface area contributed by atoms with Crippen molar-refractivity contribution in [2.24, 2.45) is 0 Å². The molecule has 2 heterocycles. The van der Waals surface area contributed by atoms with E-state index < -0.39 is 5.97 Å². The number of hydrogen-bond acceptors (Lipinski definition) is 5. The number of benzene rings is 2. The molecule has 0 spiro atoms. The van der Waals surface area contributed by atoms with E-state index in [9.17, 15) is 4.79 Å². The summed E-state index contributed by atoms with van der Waals surface area (Å²) in [5, 5.41) is 0.890. The second kappa shape index (κ2) is 7.32. The van der Waals surface area contributed by atoms with Crippen LogP contribution in [0.1, 0.15) is 22.8 Å². The third kappa shape index (κ3) is 3.36. The molecule has 0 fully saturated rings. The van der Waals surface area contributed by atoms with Crippen molar-refractivity contribution in [1.82, 2.24) is 0 Å². The zero-order chi connectivity index (χ0) is 18.8. The molecule has 0 bridgehead atoms. The lowest BCUT2D eigenvalue weighted by Crippen LogP contribution is -2.43. The zero-order valence-electron chi connectivity index (χ0n) is 14.6. The highest BCUT2D eigenvalue weighted by Crippen LogP contribution is 2.38. The lowest BCUT2D eigenvalue weighted by atomic mass is 10.1. The number of pyridine rings is 1. The van der Waals surface area contributed by atoms with Gasteiger partial charge in [0.05, 0.1) is 23.1 Å². The van der Waals surface area contributed by atoms with E-state index in [0.717, 1.165) is 5.56 Å². The van der Waals surface area contributed by atoms with Gasteiger partial charge >= 0.3 is 5.97 Å². The van der Waals surface area contributed by atoms with Crippen LogP contribution in [0.5, 0.6) is 11.5 Å². The molecule has 3 aromatic rings. The van der Waals surface area contributed by atoms with E-state index in [-0.39, 0.29) is 24.0 Å². The fourth-order valence-corrected chi connectivity index (χ4v) is 3.13. The SMILES string of the molecule is CCOC(=O)c1c[n+](OCc2ccccc2)c2cc3c(cc2c1Cl)OCO3. The lowest BCUT2D eigenvalue weighted by molar-refractivity contribution is -0.875. The maximum Gasteiger partial charge on any atom is 0.345 e. The molecule has 0 saturated carbocycles. The number of halogens is 1. The maximum absolute atomic E-state index is 12.3. The van der Waals surface area contributed by atoms with Crippen molar-refractivity contribution in [2.75, 3.05) is 13.4 Å². The van der Waals surface area contributed by atoms with Crippen LogP contribution in [0.3, 0.4) is 0 Å². The normalized spacial score (nSPS) is 12.2. The number of esters is 1. The van der Waals surface area contributed by atoms with Gasteiger partial charge in [0.15, 0.2) is 18.1 Å². The summed E-state index contributed by atoms with van der Waals surface area (Å²) in [4.78, 5) is 18.3. The van der Waals surface area contributed by atoms with Crippen LogP contribution in [0.25, 0.3) is 10.9 Å². The van der Waals surface area contributed by atoms with Crippen LogP contribution in [0.4, 0.5) is 0 Å². The van der Waals surface area contributed by atoms with Gasteiger partial charge in [0.2, 0.25) is 13.0 Å². The van der Waals surface area contributed by atoms with Crippen LogP contribution in [-0.4, -0.2) is 19.4 Å². The van der Waals surface area contributed by atoms with E-state index in [4.69, 9.17) is 30.6 Å². The van der Waals surface area contributed by atoms with Gasteiger partial charge in [-0.05, 0) is 18.6 Å². The predicted octanol–water partition coefficient (Wildman–Crippen LogP) is 3.31. The molecule has 6 nitrogen and oxygen atoms in total. The Balaban J connectivity index is 1.81. The van der Waals surface area contributed by atoms with Crippen LogP contribution in [0.2, 0.25) is 5.02 Å². The highest BCUT2D eigenvalue weighted by Gasteiger charge is 2.28. The third-order valence-electron chi connectivity index (χ3n) is 4.16. The highest BCUT2D eigenvalue weighted by molar-refractivity contribution is 6.38. The first-order valence-corrected chi connectivity index (χ1v) is 8.87. The Morgan fingerprint density at radius 2 is 1.93 bits per heavy atom. The molecule has 0 aliphatic carbocycles. The van der Waals surface area contributed by atoms with Crippen molar-refractivity contribution in [2.45, 2.75) is 13.5 Å². The molecule has 0 N–H and O–H groups in total. The summed E-state index contributed by atoms with van der Waals surface area (Å²) in [7, 11) is 0. The second-order valence-corrected chi connectivity index (χ2v) is 6.26. The molecular weight excluding hydrogens is 370 g/mol. The van der Waals surface area contributed by atoms with Gasteiger partial charge in [-0.15, -0.1) is 0 Å². The van der Waals surface area contributed by atoms with Gasteiger partial charge in [0.1, 0.15) is 5.56 Å². The third-order valence-corrected chi connectivity index (χ3v) is 4.56. The molecule has 0 atom stereocenters. The van der Waals surface area contributed by atoms with Crippen molar-refractivity contribution in [3.8, 4) is 11.5 Å². The molecule has 138 valence electrons. The Kier molecular flexibility index (Phi) is 4.73. The molecule has 0 unspecified atom stereocenters. The number of aromatic nitrogens is 1. The smallest absolute Gasteiger partial charge is 0.345 e. The van der Waals surface area contributed by atoms with Gasteiger partial charge in [0, 0.05) is 4.73 Å². The summed E-state index contributed by atoms with van der Waals surface area (Å²) >= 11 is 6.50. The monoisotopic (exact) mass is 386 g/mol. The first kappa shape index (κ1) is 17.4. The summed E-state index contributed by atoms with van der Waals surface area (Å²) in [6.07, 6.45) is 1.54. The first-order valence-electron chi connectivity index (χ1n) is 8.49. The van der Waals surface area contributed by atoms with Gasteiger partial charge in [-0.2, -0.15) is 0 Å². The van der Waals surface area contributed by atoms with E-state index in [1.807, 2.05) is 30.3 Å². The van der Waals surface area contributed by atoms with Gasteiger partial charge in [0.25, 0.3) is 5.52 Å². The molecule has 0 saturated heterocycles. The Morgan fingerprint density at radius 3 is 2.67 bits per heavy atom. The van der Waals surface area contributed by atoms with Gasteiger partial charge < -0.3 is 14.2 Å². The van der Waals surface area contributed by atoms with E-state index in [2.05, 4.69) is 0 Å². The van der Waals surface area contributed by atoms with Gasteiger partial charge in [-0.3, -0.25) is 4.84 Å².